The zero-order chi connectivity index (χ0) is 30.5. The number of amides is 3. The number of hydrazone groups is 1. The second-order valence-electron chi connectivity index (χ2n) is 8.94. The molecular formula is C30H32BrIN4O6. The van der Waals surface area contributed by atoms with Crippen molar-refractivity contribution in [2.45, 2.75) is 33.6 Å². The first-order chi connectivity index (χ1) is 20.2. The van der Waals surface area contributed by atoms with Crippen molar-refractivity contribution in [3.63, 3.8) is 0 Å². The molecule has 222 valence electrons. The fraction of sp³-hybridized carbons (Fsp3) is 0.267. The highest BCUT2D eigenvalue weighted by Crippen LogP contribution is 2.34. The molecule has 0 aromatic heterocycles. The summed E-state index contributed by atoms with van der Waals surface area (Å²) in [7, 11) is 0. The van der Waals surface area contributed by atoms with Gasteiger partial charge in [0.05, 0.1) is 23.0 Å². The number of nitrogens with zero attached hydrogens (tertiary/aromatic N) is 1. The van der Waals surface area contributed by atoms with Gasteiger partial charge in [0.2, 0.25) is 0 Å². The van der Waals surface area contributed by atoms with Crippen LogP contribution < -0.4 is 30.3 Å². The van der Waals surface area contributed by atoms with Gasteiger partial charge in [-0.05, 0) is 109 Å². The van der Waals surface area contributed by atoms with Crippen molar-refractivity contribution in [2.75, 3.05) is 30.5 Å². The molecule has 0 fully saturated rings. The summed E-state index contributed by atoms with van der Waals surface area (Å²) in [5.41, 5.74) is 4.91. The van der Waals surface area contributed by atoms with Crippen molar-refractivity contribution in [1.82, 2.24) is 5.43 Å². The number of benzene rings is 3. The molecule has 3 aromatic rings. The standard InChI is InChI=1S/C30H32BrIN4O6/c1-4-6-13-41-23-10-7-21(8-11-23)35-29(38)30(39)36-33-17-20-15-25(32)28(26(16-20)40-5-2)42-18-27(37)34-22-9-12-24(31)19(3)14-22/h7-12,14-17H,4-6,13,18H2,1-3H3,(H,34,37)(H,35,38)(H,36,39)/b33-17-. The number of aryl methyl sites for hydroxylation is 1. The van der Waals surface area contributed by atoms with Gasteiger partial charge in [0.25, 0.3) is 5.91 Å². The third kappa shape index (κ3) is 10.3. The number of hydrogen-bond donors (Lipinski definition) is 3. The summed E-state index contributed by atoms with van der Waals surface area (Å²) >= 11 is 5.51. The van der Waals surface area contributed by atoms with Gasteiger partial charge in [-0.2, -0.15) is 5.10 Å². The molecule has 3 amide bonds. The largest absolute Gasteiger partial charge is 0.494 e. The molecule has 0 heterocycles. The van der Waals surface area contributed by atoms with Crippen LogP contribution >= 0.6 is 38.5 Å². The van der Waals surface area contributed by atoms with Gasteiger partial charge >= 0.3 is 11.8 Å². The Balaban J connectivity index is 1.56. The lowest BCUT2D eigenvalue weighted by molar-refractivity contribution is -0.136. The summed E-state index contributed by atoms with van der Waals surface area (Å²) in [5.74, 6) is -0.617. The molecule has 3 rings (SSSR count). The highest BCUT2D eigenvalue weighted by molar-refractivity contribution is 14.1. The van der Waals surface area contributed by atoms with Gasteiger partial charge in [0.1, 0.15) is 5.75 Å². The molecule has 42 heavy (non-hydrogen) atoms. The van der Waals surface area contributed by atoms with Crippen LogP contribution in [0.25, 0.3) is 0 Å². The van der Waals surface area contributed by atoms with E-state index in [0.717, 1.165) is 22.9 Å². The number of ether oxygens (including phenoxy) is 3. The molecule has 3 N–H and O–H groups in total. The van der Waals surface area contributed by atoms with Crippen molar-refractivity contribution < 1.29 is 28.6 Å². The van der Waals surface area contributed by atoms with E-state index in [-0.39, 0.29) is 12.5 Å². The summed E-state index contributed by atoms with van der Waals surface area (Å²) in [5, 5.41) is 9.22. The SMILES string of the molecule is CCCCOc1ccc(NC(=O)C(=O)N/N=C\c2cc(I)c(OCC(=O)Nc3ccc(Br)c(C)c3)c(OCC)c2)cc1. The molecule has 10 nitrogen and oxygen atoms in total. The Morgan fingerprint density at radius 2 is 1.67 bits per heavy atom. The lowest BCUT2D eigenvalue weighted by Crippen LogP contribution is -2.32. The quantitative estimate of drug-likeness (QED) is 0.0643. The summed E-state index contributed by atoms with van der Waals surface area (Å²) in [6.07, 6.45) is 3.37. The Kier molecular flexibility index (Phi) is 13.1. The minimum atomic E-state index is -0.929. The summed E-state index contributed by atoms with van der Waals surface area (Å²) in [6, 6.07) is 15.7. The van der Waals surface area contributed by atoms with Crippen LogP contribution in [0.15, 0.2) is 64.2 Å². The van der Waals surface area contributed by atoms with Gasteiger partial charge in [-0.3, -0.25) is 14.4 Å². The molecule has 0 spiro atoms. The molecule has 0 unspecified atom stereocenters. The highest BCUT2D eigenvalue weighted by Gasteiger charge is 2.15. The second kappa shape index (κ2) is 16.7. The number of anilines is 2. The van der Waals surface area contributed by atoms with Crippen LogP contribution in [-0.2, 0) is 14.4 Å². The lowest BCUT2D eigenvalue weighted by Gasteiger charge is -2.15. The molecule has 0 aliphatic carbocycles. The Bertz CT molecular complexity index is 1430. The normalized spacial score (nSPS) is 10.7. The topological polar surface area (TPSA) is 127 Å². The van der Waals surface area contributed by atoms with Crippen LogP contribution in [0.5, 0.6) is 17.2 Å². The maximum absolute atomic E-state index is 12.5. The Morgan fingerprint density at radius 3 is 2.36 bits per heavy atom. The van der Waals surface area contributed by atoms with E-state index in [4.69, 9.17) is 14.2 Å². The van der Waals surface area contributed by atoms with Crippen molar-refractivity contribution in [3.05, 3.63) is 73.8 Å². The molecule has 0 saturated heterocycles. The van der Waals surface area contributed by atoms with Crippen molar-refractivity contribution >= 4 is 73.8 Å². The molecule has 0 aliphatic rings. The monoisotopic (exact) mass is 750 g/mol. The van der Waals surface area contributed by atoms with Crippen LogP contribution in [0.3, 0.4) is 0 Å². The maximum atomic E-state index is 12.5. The molecule has 12 heteroatoms. The van der Waals surface area contributed by atoms with Crippen LogP contribution in [-0.4, -0.2) is 43.8 Å². The second-order valence-corrected chi connectivity index (χ2v) is 11.0. The summed E-state index contributed by atoms with van der Waals surface area (Å²) < 4.78 is 18.7. The number of rotatable bonds is 13. The first-order valence-corrected chi connectivity index (χ1v) is 15.1. The number of carbonyl (C=O) groups is 3. The van der Waals surface area contributed by atoms with Gasteiger partial charge in [0, 0.05) is 15.8 Å². The van der Waals surface area contributed by atoms with E-state index in [1.807, 2.05) is 26.0 Å². The molecule has 0 saturated carbocycles. The van der Waals surface area contributed by atoms with E-state index < -0.39 is 11.8 Å². The number of unbranched alkanes of at least 4 members (excludes halogenated alkanes) is 1. The average Bonchev–Trinajstić information content (AvgIpc) is 2.95. The molecule has 0 radical (unpaired) electrons. The molecule has 0 atom stereocenters. The molecule has 0 aliphatic heterocycles. The smallest absolute Gasteiger partial charge is 0.329 e. The van der Waals surface area contributed by atoms with Crippen molar-refractivity contribution in [1.29, 1.82) is 0 Å². The van der Waals surface area contributed by atoms with Crippen LogP contribution in [0, 0.1) is 10.5 Å². The average molecular weight is 751 g/mol. The van der Waals surface area contributed by atoms with E-state index in [2.05, 4.69) is 66.6 Å². The highest BCUT2D eigenvalue weighted by atomic mass is 127. The third-order valence-electron chi connectivity index (χ3n) is 5.59. The van der Waals surface area contributed by atoms with Crippen LogP contribution in [0.2, 0.25) is 0 Å². The van der Waals surface area contributed by atoms with Gasteiger partial charge < -0.3 is 24.8 Å². The van der Waals surface area contributed by atoms with Gasteiger partial charge in [-0.15, -0.1) is 0 Å². The van der Waals surface area contributed by atoms with E-state index in [0.29, 0.717) is 51.0 Å². The first-order valence-electron chi connectivity index (χ1n) is 13.2. The van der Waals surface area contributed by atoms with E-state index in [1.54, 1.807) is 42.5 Å². The Labute approximate surface area is 266 Å². The molecule has 0 bridgehead atoms. The van der Waals surface area contributed by atoms with Crippen LogP contribution in [0.1, 0.15) is 37.8 Å². The summed E-state index contributed by atoms with van der Waals surface area (Å²) in [4.78, 5) is 37.0. The molecular weight excluding hydrogens is 719 g/mol. The maximum Gasteiger partial charge on any atom is 0.329 e. The number of carbonyl (C=O) groups excluding carboxylic acids is 3. The summed E-state index contributed by atoms with van der Waals surface area (Å²) in [6.45, 7) is 6.60. The third-order valence-corrected chi connectivity index (χ3v) is 7.28. The van der Waals surface area contributed by atoms with Gasteiger partial charge in [0.15, 0.2) is 18.1 Å². The van der Waals surface area contributed by atoms with Gasteiger partial charge in [-0.1, -0.05) is 29.3 Å². The lowest BCUT2D eigenvalue weighted by atomic mass is 10.2. The van der Waals surface area contributed by atoms with E-state index >= 15 is 0 Å². The number of nitrogens with one attached hydrogen (secondary N) is 3. The fourth-order valence-electron chi connectivity index (χ4n) is 3.50. The minimum Gasteiger partial charge on any atom is -0.494 e. The first kappa shape index (κ1) is 32.9. The van der Waals surface area contributed by atoms with Gasteiger partial charge in [-0.25, -0.2) is 5.43 Å². The van der Waals surface area contributed by atoms with Crippen molar-refractivity contribution in [2.24, 2.45) is 5.10 Å². The predicted molar refractivity (Wildman–Crippen MR) is 175 cm³/mol. The fourth-order valence-corrected chi connectivity index (χ4v) is 4.52. The van der Waals surface area contributed by atoms with E-state index in [9.17, 15) is 14.4 Å². The van der Waals surface area contributed by atoms with Crippen LogP contribution in [0.4, 0.5) is 11.4 Å². The Morgan fingerprint density at radius 1 is 0.929 bits per heavy atom. The Hall–Kier alpha value is -3.65. The van der Waals surface area contributed by atoms with E-state index in [1.165, 1.54) is 6.21 Å². The zero-order valence-corrected chi connectivity index (χ0v) is 27.2. The molecule has 3 aromatic carbocycles. The predicted octanol–water partition coefficient (Wildman–Crippen LogP) is 6.05. The number of hydrogen-bond acceptors (Lipinski definition) is 7. The van der Waals surface area contributed by atoms with Crippen molar-refractivity contribution in [3.8, 4) is 17.2 Å². The minimum absolute atomic E-state index is 0.224. The zero-order valence-electron chi connectivity index (χ0n) is 23.5. The number of halogens is 2.